The summed E-state index contributed by atoms with van der Waals surface area (Å²) < 4.78 is 7.80. The van der Waals surface area contributed by atoms with Gasteiger partial charge in [-0.2, -0.15) is 5.10 Å². The molecule has 1 aromatic rings. The molecule has 21 heavy (non-hydrogen) atoms. The van der Waals surface area contributed by atoms with Crippen LogP contribution in [0.4, 0.5) is 0 Å². The van der Waals surface area contributed by atoms with E-state index >= 15 is 0 Å². The number of primary amides is 1. The number of hydrogen-bond acceptors (Lipinski definition) is 5. The highest BCUT2D eigenvalue weighted by molar-refractivity contribution is 5.75. The molecule has 1 saturated heterocycles. The summed E-state index contributed by atoms with van der Waals surface area (Å²) in [6, 6.07) is 2.06. The van der Waals surface area contributed by atoms with E-state index in [1.54, 1.807) is 0 Å². The molecule has 0 radical (unpaired) electrons. The normalized spacial score (nSPS) is 20.0. The molecule has 7 nitrogen and oxygen atoms in total. The Balaban J connectivity index is 1.84. The third-order valence-corrected chi connectivity index (χ3v) is 3.65. The third-order valence-electron chi connectivity index (χ3n) is 3.65. The van der Waals surface area contributed by atoms with Gasteiger partial charge >= 0.3 is 0 Å². The van der Waals surface area contributed by atoms with Crippen molar-refractivity contribution in [3.05, 3.63) is 18.0 Å². The summed E-state index contributed by atoms with van der Waals surface area (Å²) in [4.78, 5) is 15.2. The number of morpholine rings is 1. The molecule has 0 bridgehead atoms. The van der Waals surface area contributed by atoms with Gasteiger partial charge in [-0.15, -0.1) is 0 Å². The molecule has 1 atom stereocenters. The number of nitrogens with zero attached hydrogens (tertiary/aromatic N) is 4. The first kappa shape index (κ1) is 15.9. The zero-order valence-corrected chi connectivity index (χ0v) is 12.9. The van der Waals surface area contributed by atoms with Crippen molar-refractivity contribution in [2.75, 3.05) is 39.8 Å². The Hall–Kier alpha value is -1.44. The quantitative estimate of drug-likeness (QED) is 0.735. The van der Waals surface area contributed by atoms with Crippen LogP contribution in [-0.4, -0.2) is 71.4 Å². The Bertz CT molecular complexity index is 462. The van der Waals surface area contributed by atoms with Crippen molar-refractivity contribution in [3.8, 4) is 0 Å². The average molecular weight is 295 g/mol. The third kappa shape index (κ3) is 4.80. The Morgan fingerprint density at radius 1 is 1.62 bits per heavy atom. The first-order valence-corrected chi connectivity index (χ1v) is 7.40. The van der Waals surface area contributed by atoms with Gasteiger partial charge in [-0.1, -0.05) is 0 Å². The van der Waals surface area contributed by atoms with Gasteiger partial charge in [-0.25, -0.2) is 0 Å². The van der Waals surface area contributed by atoms with Crippen molar-refractivity contribution in [1.82, 2.24) is 19.6 Å². The Morgan fingerprint density at radius 3 is 3.14 bits per heavy atom. The van der Waals surface area contributed by atoms with Crippen molar-refractivity contribution in [2.24, 2.45) is 5.73 Å². The highest BCUT2D eigenvalue weighted by Gasteiger charge is 2.22. The van der Waals surface area contributed by atoms with Crippen molar-refractivity contribution in [1.29, 1.82) is 0 Å². The highest BCUT2D eigenvalue weighted by Crippen LogP contribution is 2.11. The van der Waals surface area contributed by atoms with E-state index < -0.39 is 0 Å². The summed E-state index contributed by atoms with van der Waals surface area (Å²) in [6.45, 7) is 7.34. The first-order chi connectivity index (χ1) is 10.1. The number of ether oxygens (including phenoxy) is 1. The van der Waals surface area contributed by atoms with E-state index in [0.29, 0.717) is 6.54 Å². The number of likely N-dealkylation sites (N-methyl/N-ethyl adjacent to an activating group) is 1. The summed E-state index contributed by atoms with van der Waals surface area (Å²) in [6.07, 6.45) is 1.96. The van der Waals surface area contributed by atoms with Gasteiger partial charge in [0.2, 0.25) is 5.91 Å². The minimum Gasteiger partial charge on any atom is -0.374 e. The fourth-order valence-corrected chi connectivity index (χ4v) is 2.72. The zero-order valence-electron chi connectivity index (χ0n) is 12.9. The molecule has 1 amide bonds. The van der Waals surface area contributed by atoms with E-state index in [-0.39, 0.29) is 18.6 Å². The molecule has 0 aliphatic carbocycles. The van der Waals surface area contributed by atoms with E-state index in [4.69, 9.17) is 10.5 Å². The predicted molar refractivity (Wildman–Crippen MR) is 79.6 cm³/mol. The number of nitrogens with two attached hydrogens (primary N) is 1. The predicted octanol–water partition coefficient (Wildman–Crippen LogP) is -0.479. The second-order valence-corrected chi connectivity index (χ2v) is 5.53. The van der Waals surface area contributed by atoms with Gasteiger partial charge in [0.15, 0.2) is 0 Å². The summed E-state index contributed by atoms with van der Waals surface area (Å²) >= 11 is 0. The molecule has 0 spiro atoms. The zero-order chi connectivity index (χ0) is 15.2. The maximum atomic E-state index is 10.9. The van der Waals surface area contributed by atoms with Crippen LogP contribution in [0.3, 0.4) is 0 Å². The molecule has 0 unspecified atom stereocenters. The average Bonchev–Trinajstić information content (AvgIpc) is 2.85. The molecule has 2 N–H and O–H groups in total. The number of aromatic nitrogens is 2. The number of carbonyl (C=O) groups is 1. The first-order valence-electron chi connectivity index (χ1n) is 7.40. The molecule has 0 aromatic carbocycles. The summed E-state index contributed by atoms with van der Waals surface area (Å²) in [5.74, 6) is -0.308. The van der Waals surface area contributed by atoms with Crippen molar-refractivity contribution in [3.63, 3.8) is 0 Å². The lowest BCUT2D eigenvalue weighted by atomic mass is 10.2. The van der Waals surface area contributed by atoms with Crippen LogP contribution in [0.25, 0.3) is 0 Å². The van der Waals surface area contributed by atoms with Gasteiger partial charge < -0.3 is 10.5 Å². The lowest BCUT2D eigenvalue weighted by Gasteiger charge is -2.34. The number of aryl methyl sites for hydroxylation is 1. The van der Waals surface area contributed by atoms with Crippen molar-refractivity contribution >= 4 is 5.91 Å². The van der Waals surface area contributed by atoms with E-state index in [2.05, 4.69) is 23.0 Å². The summed E-state index contributed by atoms with van der Waals surface area (Å²) in [5.41, 5.74) is 6.43. The Kier molecular flexibility index (Phi) is 5.72. The van der Waals surface area contributed by atoms with Crippen LogP contribution >= 0.6 is 0 Å². The van der Waals surface area contributed by atoms with Crippen LogP contribution in [0, 0.1) is 0 Å². The maximum absolute atomic E-state index is 10.9. The molecule has 1 aromatic heterocycles. The maximum Gasteiger partial charge on any atom is 0.231 e. The van der Waals surface area contributed by atoms with Gasteiger partial charge in [0, 0.05) is 38.9 Å². The lowest BCUT2D eigenvalue weighted by molar-refractivity contribution is -0.119. The molecule has 2 rings (SSSR count). The van der Waals surface area contributed by atoms with E-state index in [0.717, 1.165) is 32.8 Å². The monoisotopic (exact) mass is 295 g/mol. The SMILES string of the molecule is CCn1nccc1CN1CCO[C@@H](CN(C)CC(N)=O)C1. The Labute approximate surface area is 125 Å². The minimum absolute atomic E-state index is 0.112. The fraction of sp³-hybridized carbons (Fsp3) is 0.714. The fourth-order valence-electron chi connectivity index (χ4n) is 2.72. The van der Waals surface area contributed by atoms with Crippen LogP contribution in [0.1, 0.15) is 12.6 Å². The van der Waals surface area contributed by atoms with E-state index in [1.807, 2.05) is 22.8 Å². The second kappa shape index (κ2) is 7.53. The molecule has 7 heteroatoms. The van der Waals surface area contributed by atoms with Crippen LogP contribution in [0.5, 0.6) is 0 Å². The van der Waals surface area contributed by atoms with Gasteiger partial charge in [-0.3, -0.25) is 19.3 Å². The molecule has 1 aliphatic rings. The van der Waals surface area contributed by atoms with Gasteiger partial charge in [0.05, 0.1) is 24.9 Å². The minimum atomic E-state index is -0.308. The highest BCUT2D eigenvalue weighted by atomic mass is 16.5. The molecule has 2 heterocycles. The molecular weight excluding hydrogens is 270 g/mol. The Morgan fingerprint density at radius 2 is 2.43 bits per heavy atom. The molecule has 1 fully saturated rings. The summed E-state index contributed by atoms with van der Waals surface area (Å²) in [5, 5.41) is 4.30. The molecule has 0 saturated carbocycles. The number of amides is 1. The summed E-state index contributed by atoms with van der Waals surface area (Å²) in [7, 11) is 1.89. The number of hydrogen-bond donors (Lipinski definition) is 1. The lowest BCUT2D eigenvalue weighted by Crippen LogP contribution is -2.47. The molecule has 1 aliphatic heterocycles. The van der Waals surface area contributed by atoms with Gasteiger partial charge in [-0.05, 0) is 20.0 Å². The van der Waals surface area contributed by atoms with Crippen LogP contribution in [0.15, 0.2) is 12.3 Å². The second-order valence-electron chi connectivity index (χ2n) is 5.53. The molecule has 118 valence electrons. The number of carbonyl (C=O) groups excluding carboxylic acids is 1. The standard InChI is InChI=1S/C14H25N5O2/c1-3-19-12(4-5-16-19)8-18-6-7-21-13(10-18)9-17(2)11-14(15)20/h4-5,13H,3,6-11H2,1-2H3,(H2,15,20)/t13-/m0/s1. The van der Waals surface area contributed by atoms with Crippen LogP contribution in [-0.2, 0) is 22.6 Å². The van der Waals surface area contributed by atoms with E-state index in [9.17, 15) is 4.79 Å². The van der Waals surface area contributed by atoms with Crippen LogP contribution in [0.2, 0.25) is 0 Å². The van der Waals surface area contributed by atoms with E-state index in [1.165, 1.54) is 5.69 Å². The molecular formula is C14H25N5O2. The van der Waals surface area contributed by atoms with Gasteiger partial charge in [0.1, 0.15) is 0 Å². The van der Waals surface area contributed by atoms with Crippen LogP contribution < -0.4 is 5.73 Å². The smallest absolute Gasteiger partial charge is 0.231 e. The van der Waals surface area contributed by atoms with Gasteiger partial charge in [0.25, 0.3) is 0 Å². The van der Waals surface area contributed by atoms with Crippen molar-refractivity contribution < 1.29 is 9.53 Å². The largest absolute Gasteiger partial charge is 0.374 e. The topological polar surface area (TPSA) is 76.6 Å². The number of rotatable bonds is 7. The van der Waals surface area contributed by atoms with Crippen molar-refractivity contribution in [2.45, 2.75) is 26.1 Å².